The molecule has 2 aromatic carbocycles. The smallest absolute Gasteiger partial charge is 0.257 e. The third-order valence-electron chi connectivity index (χ3n) is 3.78. The molecule has 1 amide bonds. The van der Waals surface area contributed by atoms with Crippen LogP contribution in [0.3, 0.4) is 0 Å². The Labute approximate surface area is 135 Å². The van der Waals surface area contributed by atoms with Crippen LogP contribution in [0.1, 0.15) is 23.2 Å². The number of nitrogen functional groups attached to an aromatic ring is 1. The molecule has 0 radical (unpaired) electrons. The molecule has 1 aliphatic rings. The summed E-state index contributed by atoms with van der Waals surface area (Å²) in [5.41, 5.74) is 7.43. The van der Waals surface area contributed by atoms with E-state index in [0.29, 0.717) is 23.5 Å². The van der Waals surface area contributed by atoms with Gasteiger partial charge in [0, 0.05) is 18.0 Å². The maximum Gasteiger partial charge on any atom is 0.257 e. The molecule has 1 atom stereocenters. The maximum absolute atomic E-state index is 12.2. The lowest BCUT2D eigenvalue weighted by Crippen LogP contribution is -2.16. The molecule has 3 rings (SSSR count). The van der Waals surface area contributed by atoms with Crippen molar-refractivity contribution in [3.8, 4) is 5.75 Å². The van der Waals surface area contributed by atoms with Gasteiger partial charge in [0.15, 0.2) is 0 Å². The van der Waals surface area contributed by atoms with Crippen LogP contribution in [-0.4, -0.2) is 25.2 Å². The number of hydrogen-bond donors (Lipinski definition) is 2. The molecular formula is C18H20N2O3. The van der Waals surface area contributed by atoms with Gasteiger partial charge in [0.05, 0.1) is 11.7 Å². The third-order valence-corrected chi connectivity index (χ3v) is 3.78. The summed E-state index contributed by atoms with van der Waals surface area (Å²) in [5, 5.41) is 2.82. The Morgan fingerprint density at radius 1 is 1.22 bits per heavy atom. The minimum absolute atomic E-state index is 0.190. The monoisotopic (exact) mass is 312 g/mol. The van der Waals surface area contributed by atoms with Crippen molar-refractivity contribution in [1.29, 1.82) is 0 Å². The molecule has 0 saturated carbocycles. The molecule has 1 fully saturated rings. The van der Waals surface area contributed by atoms with Gasteiger partial charge in [-0.15, -0.1) is 0 Å². The van der Waals surface area contributed by atoms with Gasteiger partial charge in [0.1, 0.15) is 12.4 Å². The zero-order valence-corrected chi connectivity index (χ0v) is 12.8. The zero-order chi connectivity index (χ0) is 16.1. The molecule has 2 aromatic rings. The molecule has 0 spiro atoms. The Kier molecular flexibility index (Phi) is 4.78. The minimum Gasteiger partial charge on any atom is -0.491 e. The van der Waals surface area contributed by atoms with Crippen LogP contribution in [0.15, 0.2) is 48.5 Å². The Bertz CT molecular complexity index is 664. The predicted molar refractivity (Wildman–Crippen MR) is 89.7 cm³/mol. The number of anilines is 2. The lowest BCUT2D eigenvalue weighted by atomic mass is 10.1. The van der Waals surface area contributed by atoms with Crippen molar-refractivity contribution in [3.63, 3.8) is 0 Å². The summed E-state index contributed by atoms with van der Waals surface area (Å²) in [6.07, 6.45) is 2.34. The van der Waals surface area contributed by atoms with Gasteiger partial charge < -0.3 is 20.5 Å². The quantitative estimate of drug-likeness (QED) is 0.832. The topological polar surface area (TPSA) is 73.6 Å². The van der Waals surface area contributed by atoms with Gasteiger partial charge in [-0.05, 0) is 49.2 Å². The number of amides is 1. The van der Waals surface area contributed by atoms with Crippen molar-refractivity contribution >= 4 is 17.3 Å². The van der Waals surface area contributed by atoms with Gasteiger partial charge in [-0.1, -0.05) is 12.1 Å². The lowest BCUT2D eigenvalue weighted by molar-refractivity contribution is 0.0679. The normalized spacial score (nSPS) is 17.0. The van der Waals surface area contributed by atoms with E-state index in [-0.39, 0.29) is 12.0 Å². The largest absolute Gasteiger partial charge is 0.491 e. The molecule has 23 heavy (non-hydrogen) atoms. The summed E-state index contributed by atoms with van der Waals surface area (Å²) in [7, 11) is 0. The minimum atomic E-state index is -0.226. The maximum atomic E-state index is 12.2. The first-order valence-corrected chi connectivity index (χ1v) is 7.73. The molecule has 1 unspecified atom stereocenters. The fraction of sp³-hybridized carbons (Fsp3) is 0.278. The zero-order valence-electron chi connectivity index (χ0n) is 12.8. The van der Waals surface area contributed by atoms with Gasteiger partial charge in [-0.2, -0.15) is 0 Å². The summed E-state index contributed by atoms with van der Waals surface area (Å²) in [6, 6.07) is 14.3. The number of nitrogens with two attached hydrogens (primary N) is 1. The van der Waals surface area contributed by atoms with E-state index in [1.807, 2.05) is 24.3 Å². The van der Waals surface area contributed by atoms with E-state index in [1.165, 1.54) is 0 Å². The molecule has 0 aliphatic carbocycles. The van der Waals surface area contributed by atoms with Crippen molar-refractivity contribution in [2.45, 2.75) is 18.9 Å². The SMILES string of the molecule is Nc1ccccc1C(=O)Nc1ccc(OCC2CCCO2)cc1. The number of rotatable bonds is 5. The molecule has 5 heteroatoms. The Morgan fingerprint density at radius 2 is 2.00 bits per heavy atom. The number of nitrogens with one attached hydrogen (secondary N) is 1. The van der Waals surface area contributed by atoms with Crippen LogP contribution in [0, 0.1) is 0 Å². The van der Waals surface area contributed by atoms with E-state index in [4.69, 9.17) is 15.2 Å². The van der Waals surface area contributed by atoms with E-state index in [1.54, 1.807) is 24.3 Å². The van der Waals surface area contributed by atoms with Crippen LogP contribution in [0.5, 0.6) is 5.75 Å². The van der Waals surface area contributed by atoms with Gasteiger partial charge in [0.25, 0.3) is 5.91 Å². The molecular weight excluding hydrogens is 292 g/mol. The lowest BCUT2D eigenvalue weighted by Gasteiger charge is -2.12. The summed E-state index contributed by atoms with van der Waals surface area (Å²) >= 11 is 0. The highest BCUT2D eigenvalue weighted by Crippen LogP contribution is 2.19. The highest BCUT2D eigenvalue weighted by molar-refractivity contribution is 6.07. The molecule has 0 aromatic heterocycles. The van der Waals surface area contributed by atoms with E-state index < -0.39 is 0 Å². The van der Waals surface area contributed by atoms with Gasteiger partial charge in [-0.25, -0.2) is 0 Å². The second kappa shape index (κ2) is 7.15. The first kappa shape index (κ1) is 15.4. The van der Waals surface area contributed by atoms with Crippen LogP contribution in [0.2, 0.25) is 0 Å². The number of benzene rings is 2. The number of para-hydroxylation sites is 1. The molecule has 1 heterocycles. The van der Waals surface area contributed by atoms with Crippen molar-refractivity contribution in [1.82, 2.24) is 0 Å². The molecule has 1 saturated heterocycles. The summed E-state index contributed by atoms with van der Waals surface area (Å²) in [4.78, 5) is 12.2. The van der Waals surface area contributed by atoms with Crippen LogP contribution >= 0.6 is 0 Å². The molecule has 5 nitrogen and oxygen atoms in total. The highest BCUT2D eigenvalue weighted by Gasteiger charge is 2.16. The van der Waals surface area contributed by atoms with Crippen LogP contribution < -0.4 is 15.8 Å². The summed E-state index contributed by atoms with van der Waals surface area (Å²) in [5.74, 6) is 0.536. The average molecular weight is 312 g/mol. The first-order chi connectivity index (χ1) is 11.2. The first-order valence-electron chi connectivity index (χ1n) is 7.73. The molecule has 1 aliphatic heterocycles. The Hall–Kier alpha value is -2.53. The van der Waals surface area contributed by atoms with E-state index in [2.05, 4.69) is 5.32 Å². The number of hydrogen-bond acceptors (Lipinski definition) is 4. The van der Waals surface area contributed by atoms with Gasteiger partial charge in [-0.3, -0.25) is 4.79 Å². The highest BCUT2D eigenvalue weighted by atomic mass is 16.5. The van der Waals surface area contributed by atoms with Gasteiger partial charge >= 0.3 is 0 Å². The average Bonchev–Trinajstić information content (AvgIpc) is 3.08. The van der Waals surface area contributed by atoms with E-state index in [0.717, 1.165) is 25.2 Å². The van der Waals surface area contributed by atoms with E-state index in [9.17, 15) is 4.79 Å². The number of carbonyl (C=O) groups excluding carboxylic acids is 1. The van der Waals surface area contributed by atoms with Crippen molar-refractivity contribution in [2.24, 2.45) is 0 Å². The second-order valence-electron chi connectivity index (χ2n) is 5.51. The predicted octanol–water partition coefficient (Wildman–Crippen LogP) is 3.08. The Balaban J connectivity index is 1.56. The van der Waals surface area contributed by atoms with Crippen LogP contribution in [-0.2, 0) is 4.74 Å². The van der Waals surface area contributed by atoms with E-state index >= 15 is 0 Å². The Morgan fingerprint density at radius 3 is 2.70 bits per heavy atom. The standard InChI is InChI=1S/C18H20N2O3/c19-17-6-2-1-5-16(17)18(21)20-13-7-9-14(10-8-13)23-12-15-4-3-11-22-15/h1-2,5-10,15H,3-4,11-12,19H2,(H,20,21). The molecule has 3 N–H and O–H groups in total. The number of carbonyl (C=O) groups is 1. The summed E-state index contributed by atoms with van der Waals surface area (Å²) in [6.45, 7) is 1.38. The molecule has 0 bridgehead atoms. The van der Waals surface area contributed by atoms with Gasteiger partial charge in [0.2, 0.25) is 0 Å². The van der Waals surface area contributed by atoms with Crippen LogP contribution in [0.25, 0.3) is 0 Å². The van der Waals surface area contributed by atoms with Crippen molar-refractivity contribution < 1.29 is 14.3 Å². The fourth-order valence-corrected chi connectivity index (χ4v) is 2.50. The second-order valence-corrected chi connectivity index (χ2v) is 5.51. The fourth-order valence-electron chi connectivity index (χ4n) is 2.50. The number of ether oxygens (including phenoxy) is 2. The van der Waals surface area contributed by atoms with Crippen molar-refractivity contribution in [2.75, 3.05) is 24.3 Å². The third kappa shape index (κ3) is 4.02. The summed E-state index contributed by atoms with van der Waals surface area (Å²) < 4.78 is 11.2. The van der Waals surface area contributed by atoms with Crippen molar-refractivity contribution in [3.05, 3.63) is 54.1 Å². The molecule has 120 valence electrons. The van der Waals surface area contributed by atoms with Crippen LogP contribution in [0.4, 0.5) is 11.4 Å².